The van der Waals surface area contributed by atoms with Crippen LogP contribution in [0.3, 0.4) is 0 Å². The van der Waals surface area contributed by atoms with Crippen LogP contribution in [0, 0.1) is 0 Å². The first kappa shape index (κ1) is 13.9. The van der Waals surface area contributed by atoms with Gasteiger partial charge in [-0.2, -0.15) is 0 Å². The normalized spacial score (nSPS) is 12.2. The fourth-order valence-corrected chi connectivity index (χ4v) is 1.13. The third-order valence-corrected chi connectivity index (χ3v) is 2.10. The number of unbranched alkanes of at least 4 members (excludes halogenated alkanes) is 1. The zero-order valence-electron chi connectivity index (χ0n) is 9.19. The van der Waals surface area contributed by atoms with Crippen LogP contribution in [-0.4, -0.2) is 48.2 Å². The summed E-state index contributed by atoms with van der Waals surface area (Å²) in [7, 11) is 1.54. The molecule has 0 aromatic rings. The fourth-order valence-electron chi connectivity index (χ4n) is 1.13. The van der Waals surface area contributed by atoms with E-state index in [2.05, 4.69) is 5.32 Å². The lowest BCUT2D eigenvalue weighted by atomic mass is 10.2. The average Bonchev–Trinajstić information content (AvgIpc) is 2.19. The molecule has 0 aliphatic heterocycles. The molecular formula is C9H19N3O3. The molecule has 0 bridgehead atoms. The van der Waals surface area contributed by atoms with Crippen molar-refractivity contribution in [1.29, 1.82) is 0 Å². The van der Waals surface area contributed by atoms with E-state index in [0.717, 1.165) is 11.3 Å². The number of urea groups is 1. The highest BCUT2D eigenvalue weighted by molar-refractivity contribution is 5.96. The summed E-state index contributed by atoms with van der Waals surface area (Å²) in [6, 6.07) is -1.54. The highest BCUT2D eigenvalue weighted by Crippen LogP contribution is 1.99. The summed E-state index contributed by atoms with van der Waals surface area (Å²) in [6.07, 6.45) is 1.57. The predicted octanol–water partition coefficient (Wildman–Crippen LogP) is -0.726. The number of carbonyl (C=O) groups is 2. The molecule has 0 rings (SSSR count). The van der Waals surface area contributed by atoms with Gasteiger partial charge in [0.25, 0.3) is 0 Å². The monoisotopic (exact) mass is 217 g/mol. The Hall–Kier alpha value is -1.14. The third-order valence-electron chi connectivity index (χ3n) is 2.10. The maximum Gasteiger partial charge on any atom is 0.321 e. The lowest BCUT2D eigenvalue weighted by Crippen LogP contribution is -2.51. The molecular weight excluding hydrogens is 198 g/mol. The second kappa shape index (κ2) is 7.19. The molecule has 0 saturated carbocycles. The number of hydrogen-bond donors (Lipinski definition) is 3. The minimum atomic E-state index is -0.776. The van der Waals surface area contributed by atoms with Crippen LogP contribution in [0.4, 0.5) is 4.79 Å². The van der Waals surface area contributed by atoms with Crippen LogP contribution in [-0.2, 0) is 4.79 Å². The smallest absolute Gasteiger partial charge is 0.321 e. The Bertz CT molecular complexity index is 217. The van der Waals surface area contributed by atoms with Crippen LogP contribution >= 0.6 is 0 Å². The van der Waals surface area contributed by atoms with E-state index in [9.17, 15) is 9.59 Å². The van der Waals surface area contributed by atoms with Crippen LogP contribution < -0.4 is 11.1 Å². The molecule has 0 heterocycles. The lowest BCUT2D eigenvalue weighted by Gasteiger charge is -2.22. The largest absolute Gasteiger partial charge is 0.394 e. The molecule has 0 aliphatic carbocycles. The maximum atomic E-state index is 11.7. The van der Waals surface area contributed by atoms with E-state index < -0.39 is 18.0 Å². The average molecular weight is 217 g/mol. The maximum absolute atomic E-state index is 11.7. The number of primary amides is 1. The van der Waals surface area contributed by atoms with Gasteiger partial charge in [-0.3, -0.25) is 9.69 Å². The van der Waals surface area contributed by atoms with Crippen LogP contribution in [0.5, 0.6) is 0 Å². The Morgan fingerprint density at radius 2 is 2.13 bits per heavy atom. The number of aliphatic hydroxyl groups excluding tert-OH is 1. The van der Waals surface area contributed by atoms with Crippen LogP contribution in [0.25, 0.3) is 0 Å². The Kier molecular flexibility index (Phi) is 6.64. The molecule has 1 unspecified atom stereocenters. The molecule has 0 aromatic heterocycles. The summed E-state index contributed by atoms with van der Waals surface area (Å²) in [5.74, 6) is -0.485. The van der Waals surface area contributed by atoms with Gasteiger partial charge in [-0.25, -0.2) is 4.79 Å². The van der Waals surface area contributed by atoms with Gasteiger partial charge in [-0.1, -0.05) is 13.3 Å². The topological polar surface area (TPSA) is 95.7 Å². The number of nitrogens with zero attached hydrogens (tertiary/aromatic N) is 1. The van der Waals surface area contributed by atoms with E-state index in [1.807, 2.05) is 6.92 Å². The molecule has 0 fully saturated rings. The number of imide groups is 1. The van der Waals surface area contributed by atoms with Crippen LogP contribution in [0.1, 0.15) is 19.8 Å². The van der Waals surface area contributed by atoms with E-state index in [1.54, 1.807) is 0 Å². The fraction of sp³-hybridized carbons (Fsp3) is 0.778. The van der Waals surface area contributed by atoms with Crippen molar-refractivity contribution in [3.05, 3.63) is 0 Å². The summed E-state index contributed by atoms with van der Waals surface area (Å²) in [5.41, 5.74) is 5.08. The molecule has 0 aromatic carbocycles. The zero-order chi connectivity index (χ0) is 11.8. The lowest BCUT2D eigenvalue weighted by molar-refractivity contribution is -0.131. The standard InChI is InChI=1S/C9H19N3O3/c1-3-4-5-12(9(10)15)8(14)7(6-13)11-2/h7,11,13H,3-6H2,1-2H3,(H2,10,15). The number of likely N-dealkylation sites (N-methyl/N-ethyl adjacent to an activating group) is 1. The number of nitrogens with two attached hydrogens (primary N) is 1. The Balaban J connectivity index is 4.46. The summed E-state index contributed by atoms with van der Waals surface area (Å²) < 4.78 is 0. The molecule has 0 aliphatic rings. The summed E-state index contributed by atoms with van der Waals surface area (Å²) >= 11 is 0. The predicted molar refractivity (Wildman–Crippen MR) is 56.1 cm³/mol. The van der Waals surface area contributed by atoms with Crippen LogP contribution in [0.2, 0.25) is 0 Å². The molecule has 0 saturated heterocycles. The molecule has 3 amide bonds. The van der Waals surface area contributed by atoms with Gasteiger partial charge < -0.3 is 16.2 Å². The van der Waals surface area contributed by atoms with Gasteiger partial charge in [0.15, 0.2) is 0 Å². The molecule has 0 spiro atoms. The molecule has 15 heavy (non-hydrogen) atoms. The van der Waals surface area contributed by atoms with Gasteiger partial charge in [-0.15, -0.1) is 0 Å². The number of hydrogen-bond acceptors (Lipinski definition) is 4. The first-order valence-electron chi connectivity index (χ1n) is 4.97. The second-order valence-electron chi connectivity index (χ2n) is 3.21. The van der Waals surface area contributed by atoms with E-state index in [4.69, 9.17) is 10.8 Å². The van der Waals surface area contributed by atoms with Crippen molar-refractivity contribution in [2.24, 2.45) is 5.73 Å². The second-order valence-corrected chi connectivity index (χ2v) is 3.21. The quantitative estimate of drug-likeness (QED) is 0.547. The van der Waals surface area contributed by atoms with Gasteiger partial charge >= 0.3 is 6.03 Å². The Labute approximate surface area is 89.4 Å². The van der Waals surface area contributed by atoms with Crippen LogP contribution in [0.15, 0.2) is 0 Å². The molecule has 6 nitrogen and oxygen atoms in total. The first-order chi connectivity index (χ1) is 7.08. The SMILES string of the molecule is CCCCN(C(N)=O)C(=O)C(CO)NC. The van der Waals surface area contributed by atoms with Crippen molar-refractivity contribution < 1.29 is 14.7 Å². The van der Waals surface area contributed by atoms with E-state index >= 15 is 0 Å². The molecule has 88 valence electrons. The van der Waals surface area contributed by atoms with E-state index in [1.165, 1.54) is 7.05 Å². The number of nitrogens with one attached hydrogen (secondary N) is 1. The molecule has 1 atom stereocenters. The van der Waals surface area contributed by atoms with Crippen molar-refractivity contribution in [2.75, 3.05) is 20.2 Å². The number of rotatable bonds is 6. The van der Waals surface area contributed by atoms with Gasteiger partial charge in [0.05, 0.1) is 6.61 Å². The van der Waals surface area contributed by atoms with Gasteiger partial charge in [0, 0.05) is 6.54 Å². The Morgan fingerprint density at radius 1 is 1.53 bits per heavy atom. The molecule has 4 N–H and O–H groups in total. The highest BCUT2D eigenvalue weighted by atomic mass is 16.3. The van der Waals surface area contributed by atoms with E-state index in [0.29, 0.717) is 13.0 Å². The number of amides is 3. The molecule has 6 heteroatoms. The van der Waals surface area contributed by atoms with Crippen molar-refractivity contribution >= 4 is 11.9 Å². The van der Waals surface area contributed by atoms with E-state index in [-0.39, 0.29) is 6.61 Å². The highest BCUT2D eigenvalue weighted by Gasteiger charge is 2.25. The van der Waals surface area contributed by atoms with Crippen molar-refractivity contribution in [3.63, 3.8) is 0 Å². The third kappa shape index (κ3) is 4.26. The number of carbonyl (C=O) groups excluding carboxylic acids is 2. The summed E-state index contributed by atoms with van der Waals surface area (Å²) in [5, 5.41) is 11.5. The van der Waals surface area contributed by atoms with Gasteiger partial charge in [-0.05, 0) is 13.5 Å². The molecule has 0 radical (unpaired) electrons. The zero-order valence-corrected chi connectivity index (χ0v) is 9.19. The Morgan fingerprint density at radius 3 is 2.47 bits per heavy atom. The minimum Gasteiger partial charge on any atom is -0.394 e. The van der Waals surface area contributed by atoms with Crippen molar-refractivity contribution in [2.45, 2.75) is 25.8 Å². The number of aliphatic hydroxyl groups is 1. The van der Waals surface area contributed by atoms with Gasteiger partial charge in [0.2, 0.25) is 5.91 Å². The van der Waals surface area contributed by atoms with Crippen molar-refractivity contribution in [1.82, 2.24) is 10.2 Å². The minimum absolute atomic E-state index is 0.294. The van der Waals surface area contributed by atoms with Crippen molar-refractivity contribution in [3.8, 4) is 0 Å². The summed E-state index contributed by atoms with van der Waals surface area (Å²) in [4.78, 5) is 23.6. The van der Waals surface area contributed by atoms with Gasteiger partial charge in [0.1, 0.15) is 6.04 Å². The summed E-state index contributed by atoms with van der Waals surface area (Å²) in [6.45, 7) is 1.89. The first-order valence-corrected chi connectivity index (χ1v) is 4.97.